The van der Waals surface area contributed by atoms with E-state index in [1.54, 1.807) is 0 Å². The third kappa shape index (κ3) is 3.55. The predicted molar refractivity (Wildman–Crippen MR) is 53.0 cm³/mol. The molecule has 0 spiro atoms. The molecule has 2 nitrogen and oxygen atoms in total. The van der Waals surface area contributed by atoms with E-state index in [0.717, 1.165) is 12.8 Å². The van der Waals surface area contributed by atoms with Crippen molar-refractivity contribution in [3.8, 4) is 0 Å². The molecule has 0 atom stereocenters. The minimum absolute atomic E-state index is 0.111. The Labute approximate surface area is 76.2 Å². The van der Waals surface area contributed by atoms with Gasteiger partial charge in [0, 0.05) is 18.6 Å². The molecule has 0 heterocycles. The van der Waals surface area contributed by atoms with Gasteiger partial charge >= 0.3 is 0 Å². The van der Waals surface area contributed by atoms with Crippen LogP contribution in [0.5, 0.6) is 0 Å². The van der Waals surface area contributed by atoms with Gasteiger partial charge in [0.2, 0.25) is 0 Å². The number of hydrogen-bond donors (Lipinski definition) is 2. The Kier molecular flexibility index (Phi) is 6.39. The summed E-state index contributed by atoms with van der Waals surface area (Å²) in [7, 11) is 0. The van der Waals surface area contributed by atoms with Gasteiger partial charge in [0.05, 0.1) is 0 Å². The number of aliphatic hydroxyl groups excluding tert-OH is 1. The zero-order valence-corrected chi connectivity index (χ0v) is 8.47. The lowest BCUT2D eigenvalue weighted by atomic mass is 9.88. The monoisotopic (exact) mass is 173 g/mol. The molecular formula is C10H23NO. The van der Waals surface area contributed by atoms with Gasteiger partial charge in [-0.1, -0.05) is 33.1 Å². The van der Waals surface area contributed by atoms with Crippen LogP contribution in [0.15, 0.2) is 0 Å². The van der Waals surface area contributed by atoms with Gasteiger partial charge in [0.1, 0.15) is 0 Å². The summed E-state index contributed by atoms with van der Waals surface area (Å²) in [6.07, 6.45) is 6.00. The van der Waals surface area contributed by atoms with Gasteiger partial charge in [-0.25, -0.2) is 0 Å². The maximum absolute atomic E-state index is 8.94. The summed E-state index contributed by atoms with van der Waals surface area (Å²) in [6, 6.07) is 0. The van der Waals surface area contributed by atoms with Crippen LogP contribution in [0, 0.1) is 5.41 Å². The highest BCUT2D eigenvalue weighted by molar-refractivity contribution is 4.84. The molecule has 1 aliphatic carbocycles. The summed E-state index contributed by atoms with van der Waals surface area (Å²) in [5.41, 5.74) is 5.63. The largest absolute Gasteiger partial charge is 0.396 e. The van der Waals surface area contributed by atoms with Crippen molar-refractivity contribution in [1.82, 2.24) is 0 Å². The van der Waals surface area contributed by atoms with Gasteiger partial charge in [0.15, 0.2) is 0 Å². The molecule has 1 rings (SSSR count). The van der Waals surface area contributed by atoms with Crippen molar-refractivity contribution < 1.29 is 5.11 Å². The first-order valence-electron chi connectivity index (χ1n) is 5.05. The summed E-state index contributed by atoms with van der Waals surface area (Å²) in [5, 5.41) is 8.94. The van der Waals surface area contributed by atoms with Crippen molar-refractivity contribution in [2.75, 3.05) is 13.2 Å². The van der Waals surface area contributed by atoms with E-state index in [4.69, 9.17) is 10.8 Å². The molecule has 0 aromatic rings. The molecule has 0 bridgehead atoms. The molecule has 1 saturated carbocycles. The minimum atomic E-state index is 0.111. The van der Waals surface area contributed by atoms with E-state index in [9.17, 15) is 0 Å². The SMILES string of the molecule is CCC.NCC1(CO)CCCC1. The summed E-state index contributed by atoms with van der Waals surface area (Å²) >= 11 is 0. The molecule has 0 aromatic carbocycles. The number of rotatable bonds is 2. The molecule has 1 fully saturated rings. The van der Waals surface area contributed by atoms with Crippen molar-refractivity contribution in [3.05, 3.63) is 0 Å². The van der Waals surface area contributed by atoms with E-state index in [1.165, 1.54) is 19.3 Å². The molecule has 0 aromatic heterocycles. The van der Waals surface area contributed by atoms with Gasteiger partial charge < -0.3 is 10.8 Å². The van der Waals surface area contributed by atoms with Gasteiger partial charge in [-0.2, -0.15) is 0 Å². The van der Waals surface area contributed by atoms with Gasteiger partial charge in [-0.05, 0) is 12.8 Å². The molecule has 0 unspecified atom stereocenters. The predicted octanol–water partition coefficient (Wildman–Crippen LogP) is 1.91. The summed E-state index contributed by atoms with van der Waals surface area (Å²) in [6.45, 7) is 5.19. The molecule has 2 heteroatoms. The molecule has 0 radical (unpaired) electrons. The first-order chi connectivity index (χ1) is 5.74. The maximum atomic E-state index is 8.94. The lowest BCUT2D eigenvalue weighted by molar-refractivity contribution is 0.138. The fourth-order valence-electron chi connectivity index (χ4n) is 1.55. The van der Waals surface area contributed by atoms with Crippen molar-refractivity contribution in [2.24, 2.45) is 11.1 Å². The second-order valence-electron chi connectivity index (χ2n) is 3.78. The number of nitrogens with two attached hydrogens (primary N) is 1. The van der Waals surface area contributed by atoms with E-state index in [-0.39, 0.29) is 12.0 Å². The maximum Gasteiger partial charge on any atom is 0.0499 e. The van der Waals surface area contributed by atoms with Gasteiger partial charge in [0.25, 0.3) is 0 Å². The van der Waals surface area contributed by atoms with Crippen molar-refractivity contribution in [1.29, 1.82) is 0 Å². The Bertz CT molecular complexity index is 92.0. The van der Waals surface area contributed by atoms with E-state index in [0.29, 0.717) is 6.54 Å². The Morgan fingerprint density at radius 1 is 1.25 bits per heavy atom. The van der Waals surface area contributed by atoms with Crippen LogP contribution in [0.3, 0.4) is 0 Å². The average Bonchev–Trinajstić information content (AvgIpc) is 2.55. The van der Waals surface area contributed by atoms with Crippen LogP contribution in [-0.2, 0) is 0 Å². The summed E-state index contributed by atoms with van der Waals surface area (Å²) in [5.74, 6) is 0. The standard InChI is InChI=1S/C7H15NO.C3H8/c8-5-7(6-9)3-1-2-4-7;1-3-2/h9H,1-6,8H2;3H2,1-2H3. The first kappa shape index (κ1) is 11.9. The topological polar surface area (TPSA) is 46.2 Å². The highest BCUT2D eigenvalue weighted by atomic mass is 16.3. The quantitative estimate of drug-likeness (QED) is 0.670. The van der Waals surface area contributed by atoms with Gasteiger partial charge in [-0.15, -0.1) is 0 Å². The van der Waals surface area contributed by atoms with Crippen LogP contribution in [0.1, 0.15) is 46.0 Å². The lowest BCUT2D eigenvalue weighted by Crippen LogP contribution is -2.30. The third-order valence-corrected chi connectivity index (χ3v) is 2.43. The van der Waals surface area contributed by atoms with E-state index < -0.39 is 0 Å². The Balaban J connectivity index is 0.000000354. The first-order valence-corrected chi connectivity index (χ1v) is 5.05. The lowest BCUT2D eigenvalue weighted by Gasteiger charge is -2.23. The van der Waals surface area contributed by atoms with Crippen LogP contribution in [0.2, 0.25) is 0 Å². The zero-order chi connectivity index (χ0) is 9.45. The van der Waals surface area contributed by atoms with Crippen LogP contribution in [0.4, 0.5) is 0 Å². The molecule has 0 amide bonds. The fourth-order valence-corrected chi connectivity index (χ4v) is 1.55. The molecule has 3 N–H and O–H groups in total. The smallest absolute Gasteiger partial charge is 0.0499 e. The fraction of sp³-hybridized carbons (Fsp3) is 1.00. The van der Waals surface area contributed by atoms with Crippen LogP contribution >= 0.6 is 0 Å². The van der Waals surface area contributed by atoms with Crippen LogP contribution in [-0.4, -0.2) is 18.3 Å². The Hall–Kier alpha value is -0.0800. The van der Waals surface area contributed by atoms with E-state index in [1.807, 2.05) is 0 Å². The Morgan fingerprint density at radius 3 is 1.83 bits per heavy atom. The van der Waals surface area contributed by atoms with Crippen molar-refractivity contribution >= 4 is 0 Å². The molecule has 0 aliphatic heterocycles. The number of hydrogen-bond acceptors (Lipinski definition) is 2. The third-order valence-electron chi connectivity index (χ3n) is 2.43. The van der Waals surface area contributed by atoms with Gasteiger partial charge in [-0.3, -0.25) is 0 Å². The molecule has 12 heavy (non-hydrogen) atoms. The number of aliphatic hydroxyl groups is 1. The van der Waals surface area contributed by atoms with Crippen LogP contribution in [0.25, 0.3) is 0 Å². The minimum Gasteiger partial charge on any atom is -0.396 e. The normalized spacial score (nSPS) is 20.0. The summed E-state index contributed by atoms with van der Waals surface area (Å²) < 4.78 is 0. The van der Waals surface area contributed by atoms with Crippen LogP contribution < -0.4 is 5.73 Å². The Morgan fingerprint density at radius 2 is 1.67 bits per heavy atom. The molecule has 74 valence electrons. The highest BCUT2D eigenvalue weighted by Gasteiger charge is 2.31. The zero-order valence-electron chi connectivity index (χ0n) is 8.47. The molecular weight excluding hydrogens is 150 g/mol. The van der Waals surface area contributed by atoms with E-state index >= 15 is 0 Å². The molecule has 0 saturated heterocycles. The average molecular weight is 173 g/mol. The second kappa shape index (κ2) is 6.44. The summed E-state index contributed by atoms with van der Waals surface area (Å²) in [4.78, 5) is 0. The van der Waals surface area contributed by atoms with E-state index in [2.05, 4.69) is 13.8 Å². The van der Waals surface area contributed by atoms with Crippen molar-refractivity contribution in [2.45, 2.75) is 46.0 Å². The molecule has 1 aliphatic rings. The van der Waals surface area contributed by atoms with Crippen molar-refractivity contribution in [3.63, 3.8) is 0 Å². The second-order valence-corrected chi connectivity index (χ2v) is 3.78. The highest BCUT2D eigenvalue weighted by Crippen LogP contribution is 2.36.